The van der Waals surface area contributed by atoms with Crippen molar-refractivity contribution in [1.82, 2.24) is 15.0 Å². The largest absolute Gasteiger partial charge is 0.302 e. The second-order valence-electron chi connectivity index (χ2n) is 6.10. The van der Waals surface area contributed by atoms with Gasteiger partial charge in [0, 0.05) is 11.4 Å². The van der Waals surface area contributed by atoms with Gasteiger partial charge in [-0.05, 0) is 48.5 Å². The van der Waals surface area contributed by atoms with E-state index in [9.17, 15) is 0 Å². The number of fused-ring (bicyclic) bond motifs is 1. The standard InChI is InChI=1S/C22H16N4S/c1-3-9-17(10-4-1)25(18-11-5-2-6-12-18)21-15-16-22(27-21)26-23-19-13-7-8-14-20(19)24-26/h1-16H. The molecule has 4 nitrogen and oxygen atoms in total. The summed E-state index contributed by atoms with van der Waals surface area (Å²) in [6.45, 7) is 0. The smallest absolute Gasteiger partial charge is 0.140 e. The Hall–Kier alpha value is -3.44. The third-order valence-corrected chi connectivity index (χ3v) is 5.35. The highest BCUT2D eigenvalue weighted by Gasteiger charge is 2.15. The third kappa shape index (κ3) is 2.98. The molecule has 0 spiro atoms. The van der Waals surface area contributed by atoms with E-state index in [-0.39, 0.29) is 0 Å². The summed E-state index contributed by atoms with van der Waals surface area (Å²) >= 11 is 1.66. The van der Waals surface area contributed by atoms with Crippen molar-refractivity contribution in [2.75, 3.05) is 4.90 Å². The van der Waals surface area contributed by atoms with Gasteiger partial charge in [0.05, 0.1) is 0 Å². The molecule has 0 aliphatic carbocycles. The SMILES string of the molecule is c1ccc(N(c2ccccc2)c2ccc(-n3nc4ccccc4n3)s2)cc1. The van der Waals surface area contributed by atoms with Crippen LogP contribution in [-0.2, 0) is 0 Å². The monoisotopic (exact) mass is 368 g/mol. The van der Waals surface area contributed by atoms with Crippen LogP contribution in [0.1, 0.15) is 0 Å². The van der Waals surface area contributed by atoms with Gasteiger partial charge in [0.1, 0.15) is 21.0 Å². The van der Waals surface area contributed by atoms with Gasteiger partial charge in [-0.15, -0.1) is 15.0 Å². The van der Waals surface area contributed by atoms with E-state index >= 15 is 0 Å². The lowest BCUT2D eigenvalue weighted by Crippen LogP contribution is -2.07. The lowest BCUT2D eigenvalue weighted by molar-refractivity contribution is 0.779. The third-order valence-electron chi connectivity index (χ3n) is 4.31. The maximum atomic E-state index is 4.60. The highest BCUT2D eigenvalue weighted by molar-refractivity contribution is 7.18. The summed E-state index contributed by atoms with van der Waals surface area (Å²) in [5, 5.41) is 11.3. The molecule has 0 atom stereocenters. The highest BCUT2D eigenvalue weighted by atomic mass is 32.1. The lowest BCUT2D eigenvalue weighted by atomic mass is 10.2. The zero-order valence-corrected chi connectivity index (χ0v) is 15.3. The van der Waals surface area contributed by atoms with Gasteiger partial charge in [0.2, 0.25) is 0 Å². The van der Waals surface area contributed by atoms with Crippen LogP contribution < -0.4 is 4.90 Å². The summed E-state index contributed by atoms with van der Waals surface area (Å²) in [6, 6.07) is 32.9. The fraction of sp³-hybridized carbons (Fsp3) is 0. The van der Waals surface area contributed by atoms with Crippen LogP contribution >= 0.6 is 11.3 Å². The molecule has 5 heteroatoms. The van der Waals surface area contributed by atoms with E-state index in [1.165, 1.54) is 0 Å². The van der Waals surface area contributed by atoms with E-state index in [4.69, 9.17) is 0 Å². The second-order valence-corrected chi connectivity index (χ2v) is 7.14. The zero-order chi connectivity index (χ0) is 18.1. The summed E-state index contributed by atoms with van der Waals surface area (Å²) in [7, 11) is 0. The Labute approximate surface area is 160 Å². The molecule has 0 unspecified atom stereocenters. The molecule has 130 valence electrons. The number of thiophene rings is 1. The number of nitrogens with zero attached hydrogens (tertiary/aromatic N) is 4. The van der Waals surface area contributed by atoms with Gasteiger partial charge in [0.25, 0.3) is 0 Å². The van der Waals surface area contributed by atoms with Crippen molar-refractivity contribution >= 4 is 38.7 Å². The molecular formula is C22H16N4S. The van der Waals surface area contributed by atoms with Crippen LogP contribution in [0.5, 0.6) is 0 Å². The molecular weight excluding hydrogens is 352 g/mol. The molecule has 5 rings (SSSR count). The van der Waals surface area contributed by atoms with E-state index in [0.717, 1.165) is 32.4 Å². The summed E-state index contributed by atoms with van der Waals surface area (Å²) in [5.41, 5.74) is 4.04. The first kappa shape index (κ1) is 15.8. The van der Waals surface area contributed by atoms with Gasteiger partial charge < -0.3 is 4.90 Å². The minimum absolute atomic E-state index is 0.899. The molecule has 0 aliphatic heterocycles. The Morgan fingerprint density at radius 1 is 0.593 bits per heavy atom. The van der Waals surface area contributed by atoms with Gasteiger partial charge >= 0.3 is 0 Å². The normalized spacial score (nSPS) is 11.0. The molecule has 0 radical (unpaired) electrons. The Bertz CT molecular complexity index is 1110. The number of anilines is 3. The summed E-state index contributed by atoms with van der Waals surface area (Å²) in [4.78, 5) is 3.96. The molecule has 5 aromatic rings. The number of rotatable bonds is 4. The zero-order valence-electron chi connectivity index (χ0n) is 14.4. The first-order chi connectivity index (χ1) is 13.4. The van der Waals surface area contributed by atoms with Crippen molar-refractivity contribution < 1.29 is 0 Å². The second kappa shape index (κ2) is 6.70. The van der Waals surface area contributed by atoms with E-state index in [0.29, 0.717) is 0 Å². The molecule has 0 fully saturated rings. The predicted octanol–water partition coefficient (Wildman–Crippen LogP) is 5.95. The van der Waals surface area contributed by atoms with Crippen molar-refractivity contribution in [3.63, 3.8) is 0 Å². The van der Waals surface area contributed by atoms with Crippen molar-refractivity contribution in [1.29, 1.82) is 0 Å². The Morgan fingerprint density at radius 2 is 1.11 bits per heavy atom. The number of hydrogen-bond acceptors (Lipinski definition) is 4. The van der Waals surface area contributed by atoms with E-state index < -0.39 is 0 Å². The number of para-hydroxylation sites is 2. The number of hydrogen-bond donors (Lipinski definition) is 0. The summed E-state index contributed by atoms with van der Waals surface area (Å²) in [5.74, 6) is 0. The van der Waals surface area contributed by atoms with Crippen LogP contribution in [0.15, 0.2) is 97.1 Å². The van der Waals surface area contributed by atoms with E-state index in [2.05, 4.69) is 75.8 Å². The van der Waals surface area contributed by atoms with Crippen molar-refractivity contribution in [2.45, 2.75) is 0 Å². The minimum Gasteiger partial charge on any atom is -0.302 e. The van der Waals surface area contributed by atoms with Gasteiger partial charge in [-0.25, -0.2) is 0 Å². The van der Waals surface area contributed by atoms with Crippen LogP contribution in [0, 0.1) is 0 Å². The lowest BCUT2D eigenvalue weighted by Gasteiger charge is -2.23. The van der Waals surface area contributed by atoms with Crippen molar-refractivity contribution in [3.05, 3.63) is 97.1 Å². The summed E-state index contributed by atoms with van der Waals surface area (Å²) < 4.78 is 0. The van der Waals surface area contributed by atoms with E-state index in [1.807, 2.05) is 36.4 Å². The van der Waals surface area contributed by atoms with Crippen molar-refractivity contribution in [2.24, 2.45) is 0 Å². The molecule has 3 aromatic carbocycles. The van der Waals surface area contributed by atoms with Crippen LogP contribution in [-0.4, -0.2) is 15.0 Å². The van der Waals surface area contributed by atoms with Crippen molar-refractivity contribution in [3.8, 4) is 5.00 Å². The first-order valence-corrected chi connectivity index (χ1v) is 9.53. The molecule has 27 heavy (non-hydrogen) atoms. The molecule has 0 N–H and O–H groups in total. The van der Waals surface area contributed by atoms with Gasteiger partial charge in [0.15, 0.2) is 0 Å². The van der Waals surface area contributed by atoms with Crippen LogP contribution in [0.2, 0.25) is 0 Å². The van der Waals surface area contributed by atoms with Crippen LogP contribution in [0.3, 0.4) is 0 Å². The quantitative estimate of drug-likeness (QED) is 0.393. The molecule has 2 heterocycles. The maximum absolute atomic E-state index is 4.60. The van der Waals surface area contributed by atoms with Crippen LogP contribution in [0.25, 0.3) is 16.0 Å². The first-order valence-electron chi connectivity index (χ1n) is 8.71. The molecule has 0 saturated carbocycles. The number of aromatic nitrogens is 3. The van der Waals surface area contributed by atoms with Gasteiger partial charge in [-0.3, -0.25) is 0 Å². The van der Waals surface area contributed by atoms with E-state index in [1.54, 1.807) is 16.1 Å². The van der Waals surface area contributed by atoms with Crippen LogP contribution in [0.4, 0.5) is 16.4 Å². The van der Waals surface area contributed by atoms with Gasteiger partial charge in [-0.1, -0.05) is 59.9 Å². The predicted molar refractivity (Wildman–Crippen MR) is 111 cm³/mol. The Kier molecular flexibility index (Phi) is 3.92. The maximum Gasteiger partial charge on any atom is 0.140 e. The highest BCUT2D eigenvalue weighted by Crippen LogP contribution is 2.39. The Balaban J connectivity index is 1.59. The topological polar surface area (TPSA) is 34.0 Å². The minimum atomic E-state index is 0.899. The Morgan fingerprint density at radius 3 is 1.67 bits per heavy atom. The molecule has 2 aromatic heterocycles. The molecule has 0 bridgehead atoms. The van der Waals surface area contributed by atoms with Gasteiger partial charge in [-0.2, -0.15) is 0 Å². The number of benzene rings is 3. The molecule has 0 amide bonds. The average molecular weight is 368 g/mol. The summed E-state index contributed by atoms with van der Waals surface area (Å²) in [6.07, 6.45) is 0. The fourth-order valence-electron chi connectivity index (χ4n) is 3.06. The molecule has 0 aliphatic rings. The fourth-order valence-corrected chi connectivity index (χ4v) is 4.01. The average Bonchev–Trinajstić information content (AvgIpc) is 3.37. The molecule has 0 saturated heterocycles.